The Kier molecular flexibility index (Phi) is 14.9. The summed E-state index contributed by atoms with van der Waals surface area (Å²) in [6, 6.07) is 24.7. The highest BCUT2D eigenvalue weighted by Gasteiger charge is 2.44. The molecule has 1 aromatic heterocycles. The number of methoxy groups -OCH3 is 1. The third kappa shape index (κ3) is 10.9. The molecular formula is C51H55N5O10S2. The van der Waals surface area contributed by atoms with Crippen LogP contribution in [-0.2, 0) is 52.0 Å². The molecule has 0 spiro atoms. The van der Waals surface area contributed by atoms with Crippen molar-refractivity contribution in [3.8, 4) is 17.2 Å². The van der Waals surface area contributed by atoms with E-state index in [0.29, 0.717) is 67.5 Å². The lowest BCUT2D eigenvalue weighted by atomic mass is 10.0. The summed E-state index contributed by atoms with van der Waals surface area (Å²) < 4.78 is 42.5. The van der Waals surface area contributed by atoms with Crippen LogP contribution in [0.1, 0.15) is 102 Å². The van der Waals surface area contributed by atoms with E-state index in [2.05, 4.69) is 40.2 Å². The minimum Gasteiger partial charge on any atom is -0.493 e. The lowest BCUT2D eigenvalue weighted by Crippen LogP contribution is -2.52. The standard InChI is InChI=1S/C51H55N5O10S2/c1-4-65-44-26-35(17-21-43(44)64-2)42(31-68(3,62)63)56-50(60)37-9-7-10-40(47(37)51(56)61)53-25-23-33-13-11-32(12-14-33)8-5-6-24-52-27-34-15-18-36(19-16-34)66-29-45-38-28-55(49(59)39(38)30-67-45)41-20-22-46(57)54-48(41)58/h7,9-19,21,26,30,41-42,52-53H,4-6,8,20,22-25,27-29,31H2,1-3H3,(H,54,57,58)/t41?,42-/m1/s1. The van der Waals surface area contributed by atoms with Gasteiger partial charge >= 0.3 is 0 Å². The zero-order valence-electron chi connectivity index (χ0n) is 38.3. The number of thiophene rings is 1. The highest BCUT2D eigenvalue weighted by Crippen LogP contribution is 2.39. The lowest BCUT2D eigenvalue weighted by Gasteiger charge is -2.29. The van der Waals surface area contributed by atoms with Gasteiger partial charge in [-0.3, -0.25) is 34.2 Å². The molecule has 356 valence electrons. The van der Waals surface area contributed by atoms with Gasteiger partial charge in [0.05, 0.1) is 42.2 Å². The molecular weight excluding hydrogens is 907 g/mol. The maximum absolute atomic E-state index is 14.1. The van der Waals surface area contributed by atoms with E-state index >= 15 is 0 Å². The number of aryl methyl sites for hydroxylation is 1. The van der Waals surface area contributed by atoms with Crippen molar-refractivity contribution in [2.24, 2.45) is 0 Å². The monoisotopic (exact) mass is 961 g/mol. The van der Waals surface area contributed by atoms with Crippen LogP contribution >= 0.6 is 11.3 Å². The van der Waals surface area contributed by atoms with E-state index in [1.165, 1.54) is 24.0 Å². The van der Waals surface area contributed by atoms with Crippen LogP contribution in [0.25, 0.3) is 0 Å². The summed E-state index contributed by atoms with van der Waals surface area (Å²) in [7, 11) is -2.13. The van der Waals surface area contributed by atoms with Gasteiger partial charge in [-0.2, -0.15) is 0 Å². The zero-order chi connectivity index (χ0) is 48.0. The SMILES string of the molecule is CCOc1cc([C@@H](CS(C)(=O)=O)N2C(=O)c3cccc(NCCc4ccc(CCCCNCc5ccc(OCc6scc7c6CN(C6CCC(=O)NC6=O)C7=O)cc5)cc4)c3C2=O)ccc1OC. The Hall–Kier alpha value is -6.56. The molecule has 5 aromatic rings. The van der Waals surface area contributed by atoms with E-state index in [1.807, 2.05) is 36.6 Å². The first-order valence-electron chi connectivity index (χ1n) is 22.8. The molecule has 17 heteroatoms. The normalized spacial score (nSPS) is 16.2. The van der Waals surface area contributed by atoms with Gasteiger partial charge in [0, 0.05) is 53.8 Å². The van der Waals surface area contributed by atoms with Gasteiger partial charge in [0.25, 0.3) is 17.7 Å². The highest BCUT2D eigenvalue weighted by molar-refractivity contribution is 7.90. The average Bonchev–Trinajstić information content (AvgIpc) is 3.96. The van der Waals surface area contributed by atoms with Crippen molar-refractivity contribution in [1.82, 2.24) is 20.4 Å². The maximum atomic E-state index is 14.1. The quantitative estimate of drug-likeness (QED) is 0.0496. The minimum absolute atomic E-state index is 0.180. The Morgan fingerprint density at radius 2 is 1.57 bits per heavy atom. The van der Waals surface area contributed by atoms with Crippen LogP contribution in [0, 0.1) is 0 Å². The van der Waals surface area contributed by atoms with Gasteiger partial charge < -0.3 is 29.7 Å². The smallest absolute Gasteiger partial charge is 0.264 e. The van der Waals surface area contributed by atoms with Crippen LogP contribution < -0.4 is 30.2 Å². The second-order valence-corrected chi connectivity index (χ2v) is 20.3. The molecule has 4 heterocycles. The van der Waals surface area contributed by atoms with E-state index in [1.54, 1.807) is 41.3 Å². The number of carbonyl (C=O) groups excluding carboxylic acids is 5. The van der Waals surface area contributed by atoms with Crippen molar-refractivity contribution in [3.05, 3.63) is 140 Å². The topological polar surface area (TPSA) is 190 Å². The van der Waals surface area contributed by atoms with Crippen LogP contribution in [0.15, 0.2) is 90.3 Å². The highest BCUT2D eigenvalue weighted by atomic mass is 32.2. The number of carbonyl (C=O) groups is 5. The van der Waals surface area contributed by atoms with Crippen molar-refractivity contribution >= 4 is 56.4 Å². The fraction of sp³-hybridized carbons (Fsp3) is 0.353. The molecule has 4 aromatic carbocycles. The van der Waals surface area contributed by atoms with Gasteiger partial charge in [0.2, 0.25) is 11.8 Å². The van der Waals surface area contributed by atoms with Crippen LogP contribution in [0.2, 0.25) is 0 Å². The van der Waals surface area contributed by atoms with Gasteiger partial charge in [-0.05, 0) is 104 Å². The molecule has 0 radical (unpaired) electrons. The molecule has 5 amide bonds. The molecule has 68 heavy (non-hydrogen) atoms. The molecule has 2 atom stereocenters. The number of benzene rings is 4. The number of imide groups is 2. The van der Waals surface area contributed by atoms with Gasteiger partial charge in [0.1, 0.15) is 28.2 Å². The van der Waals surface area contributed by atoms with E-state index in [4.69, 9.17) is 14.2 Å². The number of fused-ring (bicyclic) bond motifs is 2. The lowest BCUT2D eigenvalue weighted by molar-refractivity contribution is -0.136. The molecule has 1 fully saturated rings. The van der Waals surface area contributed by atoms with E-state index in [0.717, 1.165) is 70.8 Å². The molecule has 1 unspecified atom stereocenters. The van der Waals surface area contributed by atoms with Crippen molar-refractivity contribution in [3.63, 3.8) is 0 Å². The summed E-state index contributed by atoms with van der Waals surface area (Å²) >= 11 is 1.48. The summed E-state index contributed by atoms with van der Waals surface area (Å²) in [6.45, 7) is 4.93. The van der Waals surface area contributed by atoms with Gasteiger partial charge in [0.15, 0.2) is 11.5 Å². The number of nitrogens with zero attached hydrogens (tertiary/aromatic N) is 2. The van der Waals surface area contributed by atoms with Crippen LogP contribution in [0.5, 0.6) is 17.2 Å². The van der Waals surface area contributed by atoms with E-state index in [9.17, 15) is 32.4 Å². The van der Waals surface area contributed by atoms with Gasteiger partial charge in [-0.1, -0.05) is 48.5 Å². The molecule has 3 aliphatic rings. The second-order valence-electron chi connectivity index (χ2n) is 17.2. The van der Waals surface area contributed by atoms with Crippen molar-refractivity contribution in [2.45, 2.75) is 77.2 Å². The fourth-order valence-electron chi connectivity index (χ4n) is 8.91. The van der Waals surface area contributed by atoms with Crippen LogP contribution in [0.3, 0.4) is 0 Å². The first-order valence-corrected chi connectivity index (χ1v) is 25.7. The zero-order valence-corrected chi connectivity index (χ0v) is 39.9. The molecule has 15 nitrogen and oxygen atoms in total. The first kappa shape index (κ1) is 47.9. The molecule has 0 aliphatic carbocycles. The molecule has 0 bridgehead atoms. The molecule has 0 saturated carbocycles. The second kappa shape index (κ2) is 21.2. The molecule has 3 aliphatic heterocycles. The predicted octanol–water partition coefficient (Wildman–Crippen LogP) is 6.64. The number of nitrogens with one attached hydrogen (secondary N) is 3. The summed E-state index contributed by atoms with van der Waals surface area (Å²) in [4.78, 5) is 68.5. The van der Waals surface area contributed by atoms with Crippen molar-refractivity contribution < 1.29 is 46.6 Å². The van der Waals surface area contributed by atoms with Gasteiger partial charge in [-0.15, -0.1) is 11.3 Å². The van der Waals surface area contributed by atoms with Gasteiger partial charge in [-0.25, -0.2) is 8.42 Å². The Balaban J connectivity index is 0.755. The van der Waals surface area contributed by atoms with Crippen molar-refractivity contribution in [2.75, 3.05) is 44.1 Å². The third-order valence-electron chi connectivity index (χ3n) is 12.4. The fourth-order valence-corrected chi connectivity index (χ4v) is 10.8. The minimum atomic E-state index is -3.63. The number of rotatable bonds is 22. The Labute approximate surface area is 400 Å². The average molecular weight is 962 g/mol. The summed E-state index contributed by atoms with van der Waals surface area (Å²) in [6.07, 6.45) is 5.32. The van der Waals surface area contributed by atoms with Crippen molar-refractivity contribution in [1.29, 1.82) is 0 Å². The summed E-state index contributed by atoms with van der Waals surface area (Å²) in [5, 5.41) is 11.0. The maximum Gasteiger partial charge on any atom is 0.264 e. The summed E-state index contributed by atoms with van der Waals surface area (Å²) in [5.41, 5.74) is 6.41. The number of hydrogen-bond donors (Lipinski definition) is 3. The number of sulfone groups is 1. The van der Waals surface area contributed by atoms with E-state index < -0.39 is 45.4 Å². The number of anilines is 1. The first-order chi connectivity index (χ1) is 32.8. The van der Waals surface area contributed by atoms with E-state index in [-0.39, 0.29) is 29.4 Å². The number of ether oxygens (including phenoxy) is 3. The molecule has 8 rings (SSSR count). The third-order valence-corrected chi connectivity index (χ3v) is 14.3. The Morgan fingerprint density at radius 3 is 2.29 bits per heavy atom. The Bertz CT molecular complexity index is 2810. The summed E-state index contributed by atoms with van der Waals surface area (Å²) in [5.74, 6) is -0.905. The largest absolute Gasteiger partial charge is 0.493 e. The molecule has 3 N–H and O–H groups in total. The Morgan fingerprint density at radius 1 is 0.824 bits per heavy atom. The molecule has 1 saturated heterocycles. The van der Waals surface area contributed by atoms with Crippen LogP contribution in [0.4, 0.5) is 5.69 Å². The predicted molar refractivity (Wildman–Crippen MR) is 258 cm³/mol. The number of hydrogen-bond acceptors (Lipinski definition) is 13. The number of piperidine rings is 1. The number of unbranched alkanes of at least 4 members (excludes halogenated alkanes) is 1. The number of amides is 5. The van der Waals surface area contributed by atoms with Crippen LogP contribution in [-0.4, -0.2) is 92.6 Å².